The van der Waals surface area contributed by atoms with Crippen LogP contribution in [0.4, 0.5) is 16.2 Å². The molecule has 0 saturated heterocycles. The number of carboxylic acid groups (broad SMARTS) is 1. The number of hydrogen-bond acceptors (Lipinski definition) is 4. The highest BCUT2D eigenvalue weighted by Crippen LogP contribution is 2.39. The number of rotatable bonds is 3. The van der Waals surface area contributed by atoms with Crippen LogP contribution in [-0.2, 0) is 14.6 Å². The van der Waals surface area contributed by atoms with Crippen molar-refractivity contribution in [2.45, 2.75) is 31.7 Å². The predicted octanol–water partition coefficient (Wildman–Crippen LogP) is 3.39. The second-order valence-corrected chi connectivity index (χ2v) is 9.04. The van der Waals surface area contributed by atoms with Gasteiger partial charge in [0.2, 0.25) is 5.91 Å². The predicted molar refractivity (Wildman–Crippen MR) is 108 cm³/mol. The molecule has 0 spiro atoms. The van der Waals surface area contributed by atoms with Crippen LogP contribution in [0.5, 0.6) is 0 Å². The Bertz CT molecular complexity index is 1030. The Kier molecular flexibility index (Phi) is 5.16. The highest BCUT2D eigenvalue weighted by Gasteiger charge is 2.33. The van der Waals surface area contributed by atoms with Crippen LogP contribution in [0.25, 0.3) is 11.1 Å². The third-order valence-electron chi connectivity index (χ3n) is 4.91. The molecule has 8 heteroatoms. The van der Waals surface area contributed by atoms with Crippen LogP contribution >= 0.6 is 0 Å². The molecule has 0 aliphatic carbocycles. The molecule has 0 aromatic heterocycles. The van der Waals surface area contributed by atoms with Crippen LogP contribution in [-0.4, -0.2) is 43.9 Å². The van der Waals surface area contributed by atoms with Gasteiger partial charge in [0.25, 0.3) is 0 Å². The molecule has 1 aliphatic rings. The van der Waals surface area contributed by atoms with Gasteiger partial charge in [0.05, 0.1) is 28.1 Å². The lowest BCUT2D eigenvalue weighted by atomic mass is 10.0. The van der Waals surface area contributed by atoms with Crippen LogP contribution < -0.4 is 9.80 Å². The Morgan fingerprint density at radius 1 is 1.07 bits per heavy atom. The molecular formula is C20H22N2O5S. The number of carbonyl (C=O) groups excluding carboxylic acids is 1. The molecule has 1 aliphatic heterocycles. The van der Waals surface area contributed by atoms with Crippen molar-refractivity contribution in [2.75, 3.05) is 22.1 Å². The maximum Gasteiger partial charge on any atom is 0.411 e. The highest BCUT2D eigenvalue weighted by molar-refractivity contribution is 7.91. The minimum Gasteiger partial charge on any atom is -0.465 e. The van der Waals surface area contributed by atoms with Crippen LogP contribution in [0.15, 0.2) is 47.4 Å². The fraction of sp³-hybridized carbons (Fsp3) is 0.300. The fourth-order valence-corrected chi connectivity index (χ4v) is 4.37. The maximum atomic E-state index is 12.1. The number of carbonyl (C=O) groups is 2. The minimum absolute atomic E-state index is 0.0256. The van der Waals surface area contributed by atoms with Crippen LogP contribution in [0.3, 0.4) is 0 Å². The second kappa shape index (κ2) is 7.27. The van der Waals surface area contributed by atoms with E-state index in [2.05, 4.69) is 0 Å². The van der Waals surface area contributed by atoms with Crippen molar-refractivity contribution in [3.05, 3.63) is 42.5 Å². The molecule has 1 heterocycles. The molecule has 28 heavy (non-hydrogen) atoms. The largest absolute Gasteiger partial charge is 0.465 e. The number of anilines is 2. The lowest BCUT2D eigenvalue weighted by molar-refractivity contribution is -0.117. The summed E-state index contributed by atoms with van der Waals surface area (Å²) in [6.45, 7) is 5.03. The van der Waals surface area contributed by atoms with E-state index in [1.165, 1.54) is 11.8 Å². The zero-order valence-corrected chi connectivity index (χ0v) is 16.7. The molecule has 7 nitrogen and oxygen atoms in total. The number of benzene rings is 2. The van der Waals surface area contributed by atoms with Crippen molar-refractivity contribution in [3.8, 4) is 11.1 Å². The van der Waals surface area contributed by atoms with Crippen molar-refractivity contribution in [1.82, 2.24) is 0 Å². The van der Waals surface area contributed by atoms with Crippen LogP contribution in [0.1, 0.15) is 20.8 Å². The van der Waals surface area contributed by atoms with Gasteiger partial charge in [0.1, 0.15) is 0 Å². The molecule has 0 saturated carbocycles. The second-order valence-electron chi connectivity index (χ2n) is 6.76. The number of hydrogen-bond donors (Lipinski definition) is 1. The first-order chi connectivity index (χ1) is 13.2. The molecule has 0 unspecified atom stereocenters. The molecule has 148 valence electrons. The first kappa shape index (κ1) is 19.9. The van der Waals surface area contributed by atoms with Gasteiger partial charge in [0.15, 0.2) is 9.84 Å². The Morgan fingerprint density at radius 2 is 1.68 bits per heavy atom. The summed E-state index contributed by atoms with van der Waals surface area (Å²) >= 11 is 0. The summed E-state index contributed by atoms with van der Waals surface area (Å²) in [5.74, 6) is -0.127. The third-order valence-corrected chi connectivity index (χ3v) is 6.66. The van der Waals surface area contributed by atoms with Crippen molar-refractivity contribution in [2.24, 2.45) is 0 Å². The van der Waals surface area contributed by atoms with E-state index >= 15 is 0 Å². The standard InChI is InChI=1S/C20H22N2O5S/c1-4-28(26,27)17-8-5-15(6-9-17)16-7-10-18-19(11-16)21(20(24)25)12-13(2)22(18)14(3)23/h5-11,13H,4,12H2,1-3H3,(H,24,25)/t13-/m0/s1. The van der Waals surface area contributed by atoms with E-state index in [4.69, 9.17) is 0 Å². The maximum absolute atomic E-state index is 12.1. The number of amides is 2. The average Bonchev–Trinajstić information content (AvgIpc) is 2.66. The smallest absolute Gasteiger partial charge is 0.411 e. The van der Waals surface area contributed by atoms with Crippen molar-refractivity contribution in [1.29, 1.82) is 0 Å². The van der Waals surface area contributed by atoms with Gasteiger partial charge in [0, 0.05) is 13.5 Å². The monoisotopic (exact) mass is 402 g/mol. The Balaban J connectivity index is 2.07. The highest BCUT2D eigenvalue weighted by atomic mass is 32.2. The normalized spacial score (nSPS) is 16.6. The summed E-state index contributed by atoms with van der Waals surface area (Å²) in [5, 5.41) is 9.60. The van der Waals surface area contributed by atoms with Gasteiger partial charge in [-0.25, -0.2) is 13.2 Å². The molecule has 0 bridgehead atoms. The van der Waals surface area contributed by atoms with E-state index in [1.807, 2.05) is 0 Å². The number of fused-ring (bicyclic) bond motifs is 1. The fourth-order valence-electron chi connectivity index (χ4n) is 3.49. The van der Waals surface area contributed by atoms with Crippen molar-refractivity contribution >= 4 is 33.2 Å². The van der Waals surface area contributed by atoms with E-state index in [0.717, 1.165) is 11.1 Å². The van der Waals surface area contributed by atoms with Gasteiger partial charge in [-0.1, -0.05) is 25.1 Å². The van der Waals surface area contributed by atoms with E-state index in [-0.39, 0.29) is 29.1 Å². The van der Waals surface area contributed by atoms with Gasteiger partial charge < -0.3 is 10.0 Å². The summed E-state index contributed by atoms with van der Waals surface area (Å²) < 4.78 is 24.0. The molecule has 1 atom stereocenters. The number of nitrogens with zero attached hydrogens (tertiary/aromatic N) is 2. The van der Waals surface area contributed by atoms with Crippen molar-refractivity contribution < 1.29 is 23.1 Å². The lowest BCUT2D eigenvalue weighted by Crippen LogP contribution is -2.51. The summed E-state index contributed by atoms with van der Waals surface area (Å²) in [5.41, 5.74) is 2.48. The third kappa shape index (κ3) is 3.47. The summed E-state index contributed by atoms with van der Waals surface area (Å²) in [4.78, 5) is 26.9. The quantitative estimate of drug-likeness (QED) is 0.849. The molecule has 2 amide bonds. The van der Waals surface area contributed by atoms with Gasteiger partial charge in [-0.15, -0.1) is 0 Å². The summed E-state index contributed by atoms with van der Waals surface area (Å²) in [6.07, 6.45) is -1.09. The SMILES string of the molecule is CCS(=O)(=O)c1ccc(-c2ccc3c(c2)N(C(=O)O)C[C@H](C)N3C(C)=O)cc1. The summed E-state index contributed by atoms with van der Waals surface area (Å²) in [6, 6.07) is 11.5. The molecular weight excluding hydrogens is 380 g/mol. The Labute approximate surface area is 164 Å². The van der Waals surface area contributed by atoms with Crippen LogP contribution in [0.2, 0.25) is 0 Å². The number of sulfone groups is 1. The van der Waals surface area contributed by atoms with E-state index in [0.29, 0.717) is 11.4 Å². The lowest BCUT2D eigenvalue weighted by Gasteiger charge is -2.39. The molecule has 2 aromatic rings. The molecule has 0 fully saturated rings. The van der Waals surface area contributed by atoms with Gasteiger partial charge >= 0.3 is 6.09 Å². The minimum atomic E-state index is -3.28. The van der Waals surface area contributed by atoms with E-state index < -0.39 is 15.9 Å². The summed E-state index contributed by atoms with van der Waals surface area (Å²) in [7, 11) is -3.28. The van der Waals surface area contributed by atoms with E-state index in [9.17, 15) is 23.1 Å². The average molecular weight is 402 g/mol. The zero-order valence-electron chi connectivity index (χ0n) is 15.9. The van der Waals surface area contributed by atoms with Gasteiger partial charge in [-0.3, -0.25) is 9.69 Å². The molecule has 0 radical (unpaired) electrons. The van der Waals surface area contributed by atoms with Gasteiger partial charge in [-0.05, 0) is 42.3 Å². The first-order valence-corrected chi connectivity index (χ1v) is 10.6. The molecule has 3 rings (SSSR count). The topological polar surface area (TPSA) is 95.0 Å². The first-order valence-electron chi connectivity index (χ1n) is 8.93. The Hall–Kier alpha value is -2.87. The zero-order chi connectivity index (χ0) is 20.6. The van der Waals surface area contributed by atoms with Crippen LogP contribution in [0, 0.1) is 0 Å². The van der Waals surface area contributed by atoms with Crippen molar-refractivity contribution in [3.63, 3.8) is 0 Å². The molecule has 1 N–H and O–H groups in total. The molecule has 2 aromatic carbocycles. The van der Waals surface area contributed by atoms with E-state index in [1.54, 1.807) is 61.2 Å². The van der Waals surface area contributed by atoms with Gasteiger partial charge in [-0.2, -0.15) is 0 Å². The Morgan fingerprint density at radius 3 is 2.21 bits per heavy atom.